The van der Waals surface area contributed by atoms with Crippen LogP contribution in [0, 0.1) is 0 Å². The summed E-state index contributed by atoms with van der Waals surface area (Å²) in [7, 11) is 0. The number of benzene rings is 7. The zero-order valence-electron chi connectivity index (χ0n) is 38.4. The highest BCUT2D eigenvalue weighted by Gasteiger charge is 2.30. The lowest BCUT2D eigenvalue weighted by atomic mass is 9.79. The molecule has 0 bridgehead atoms. The minimum atomic E-state index is -0.0240. The maximum atomic E-state index is 5.63. The van der Waals surface area contributed by atoms with Crippen LogP contribution < -0.4 is 0 Å². The number of hydrogen-bond acceptors (Lipinski definition) is 2. The Morgan fingerprint density at radius 1 is 0.274 bits per heavy atom. The van der Waals surface area contributed by atoms with Gasteiger partial charge in [-0.25, -0.2) is 9.97 Å². The van der Waals surface area contributed by atoms with Crippen LogP contribution in [0.2, 0.25) is 0 Å². The van der Waals surface area contributed by atoms with Gasteiger partial charge in [0.2, 0.25) is 0 Å². The molecule has 2 heterocycles. The van der Waals surface area contributed by atoms with Crippen LogP contribution in [-0.4, -0.2) is 9.97 Å². The van der Waals surface area contributed by atoms with E-state index in [1.807, 2.05) is 0 Å². The first-order valence-electron chi connectivity index (χ1n) is 22.5. The molecule has 0 aliphatic rings. The minimum absolute atomic E-state index is 0.0240. The summed E-state index contributed by atoms with van der Waals surface area (Å²) in [6, 6.07) is 46.2. The Morgan fingerprint density at radius 3 is 0.871 bits per heavy atom. The van der Waals surface area contributed by atoms with Crippen molar-refractivity contribution in [3.05, 3.63) is 144 Å². The van der Waals surface area contributed by atoms with Crippen molar-refractivity contribution in [2.75, 3.05) is 0 Å². The number of nitrogens with zero attached hydrogens (tertiary/aromatic N) is 2. The lowest BCUT2D eigenvalue weighted by molar-refractivity contribution is 0.568. The molecule has 0 atom stereocenters. The van der Waals surface area contributed by atoms with E-state index in [0.717, 1.165) is 22.4 Å². The van der Waals surface area contributed by atoms with Crippen LogP contribution in [-0.2, 0) is 21.7 Å². The molecule has 62 heavy (non-hydrogen) atoms. The fourth-order valence-corrected chi connectivity index (χ4v) is 10.4. The second-order valence-corrected chi connectivity index (χ2v) is 22.3. The minimum Gasteiger partial charge on any atom is -0.247 e. The summed E-state index contributed by atoms with van der Waals surface area (Å²) in [5.41, 5.74) is 11.8. The van der Waals surface area contributed by atoms with Gasteiger partial charge in [0.1, 0.15) is 0 Å². The van der Waals surface area contributed by atoms with Crippen molar-refractivity contribution in [1.82, 2.24) is 9.97 Å². The molecule has 0 N–H and O–H groups in total. The Labute approximate surface area is 365 Å². The number of aromatic nitrogens is 2. The molecule has 0 saturated heterocycles. The largest absolute Gasteiger partial charge is 0.247 e. The van der Waals surface area contributed by atoms with E-state index < -0.39 is 0 Å². The molecule has 9 aromatic carbocycles. The highest BCUT2D eigenvalue weighted by atomic mass is 14.7. The molecule has 0 aliphatic carbocycles. The average Bonchev–Trinajstić information content (AvgIpc) is 3.76. The molecule has 0 saturated carbocycles. The second-order valence-electron chi connectivity index (χ2n) is 22.3. The molecule has 11 aromatic rings. The van der Waals surface area contributed by atoms with Gasteiger partial charge in [0.15, 0.2) is 0 Å². The van der Waals surface area contributed by atoms with Gasteiger partial charge < -0.3 is 0 Å². The molecule has 11 rings (SSSR count). The average molecular weight is 805 g/mol. The van der Waals surface area contributed by atoms with Crippen molar-refractivity contribution in [3.8, 4) is 22.5 Å². The fourth-order valence-electron chi connectivity index (χ4n) is 10.4. The third kappa shape index (κ3) is 5.61. The molecule has 0 fully saturated rings. The van der Waals surface area contributed by atoms with Gasteiger partial charge >= 0.3 is 0 Å². The lowest BCUT2D eigenvalue weighted by Crippen LogP contribution is -2.16. The second kappa shape index (κ2) is 12.7. The number of hydrogen-bond donors (Lipinski definition) is 0. The van der Waals surface area contributed by atoms with Gasteiger partial charge in [0, 0.05) is 43.4 Å². The van der Waals surface area contributed by atoms with Gasteiger partial charge in [0.05, 0.1) is 22.4 Å². The number of fused-ring (bicyclic) bond motifs is 12. The molecule has 2 aromatic heterocycles. The summed E-state index contributed by atoms with van der Waals surface area (Å²) >= 11 is 0. The fraction of sp³-hybridized carbons (Fsp3) is 0.267. The maximum Gasteiger partial charge on any atom is 0.0794 e. The first kappa shape index (κ1) is 38.8. The van der Waals surface area contributed by atoms with Gasteiger partial charge in [-0.05, 0) is 123 Å². The van der Waals surface area contributed by atoms with Crippen molar-refractivity contribution in [3.63, 3.8) is 0 Å². The maximum absolute atomic E-state index is 5.63. The van der Waals surface area contributed by atoms with Gasteiger partial charge in [-0.2, -0.15) is 0 Å². The Hall–Kier alpha value is -6.12. The third-order valence-electron chi connectivity index (χ3n) is 13.9. The summed E-state index contributed by atoms with van der Waals surface area (Å²) < 4.78 is 0. The normalized spacial score (nSPS) is 13.5. The van der Waals surface area contributed by atoms with Crippen molar-refractivity contribution in [2.45, 2.75) is 105 Å². The molecule has 306 valence electrons. The molecule has 0 amide bonds. The summed E-state index contributed by atoms with van der Waals surface area (Å²) in [6.45, 7) is 27.9. The number of para-hydroxylation sites is 2. The van der Waals surface area contributed by atoms with Crippen LogP contribution in [0.25, 0.3) is 109 Å². The first-order chi connectivity index (χ1) is 29.3. The molecular weight excluding hydrogens is 749 g/mol. The Kier molecular flexibility index (Phi) is 7.96. The molecule has 0 aliphatic heterocycles. The van der Waals surface area contributed by atoms with Crippen LogP contribution in [0.1, 0.15) is 105 Å². The van der Waals surface area contributed by atoms with E-state index in [4.69, 9.17) is 9.97 Å². The summed E-state index contributed by atoms with van der Waals surface area (Å²) in [5, 5.41) is 17.9. The summed E-state index contributed by atoms with van der Waals surface area (Å²) in [5.74, 6) is 0. The monoisotopic (exact) mass is 804 g/mol. The standard InChI is InChI=1S/C60H56N2/c1-57(2,3)35-27-33(28-36(31-35)58(4,5)6)55-53-43-23-17-21-41-47(43)51(49(53)39-19-13-15-25-45(39)61-55)42-22-18-24-44-48(42)52(41)50-40-20-14-16-26-46(40)62-56(54(44)50)34-29-37(59(7,8)9)32-38(30-34)60(10,11)12/h13-32H,1-12H3. The predicted octanol–water partition coefficient (Wildman–Crippen LogP) is 17.1. The van der Waals surface area contributed by atoms with Gasteiger partial charge in [-0.3, -0.25) is 0 Å². The summed E-state index contributed by atoms with van der Waals surface area (Å²) in [6.07, 6.45) is 0. The number of rotatable bonds is 2. The van der Waals surface area contributed by atoms with Crippen LogP contribution in [0.3, 0.4) is 0 Å². The van der Waals surface area contributed by atoms with Crippen molar-refractivity contribution < 1.29 is 0 Å². The quantitative estimate of drug-likeness (QED) is 0.163. The van der Waals surface area contributed by atoms with Crippen LogP contribution >= 0.6 is 0 Å². The predicted molar refractivity (Wildman–Crippen MR) is 270 cm³/mol. The van der Waals surface area contributed by atoms with E-state index in [1.54, 1.807) is 0 Å². The molecule has 0 unspecified atom stereocenters. The van der Waals surface area contributed by atoms with E-state index >= 15 is 0 Å². The number of pyridine rings is 2. The first-order valence-corrected chi connectivity index (χ1v) is 22.5. The van der Waals surface area contributed by atoms with Crippen molar-refractivity contribution >= 4 is 86.4 Å². The van der Waals surface area contributed by atoms with Gasteiger partial charge in [0.25, 0.3) is 0 Å². The third-order valence-corrected chi connectivity index (χ3v) is 13.9. The van der Waals surface area contributed by atoms with Crippen LogP contribution in [0.4, 0.5) is 0 Å². The lowest BCUT2D eigenvalue weighted by Gasteiger charge is -2.26. The van der Waals surface area contributed by atoms with E-state index in [2.05, 4.69) is 204 Å². The Morgan fingerprint density at radius 2 is 0.548 bits per heavy atom. The topological polar surface area (TPSA) is 25.8 Å². The van der Waals surface area contributed by atoms with E-state index in [-0.39, 0.29) is 21.7 Å². The van der Waals surface area contributed by atoms with Crippen LogP contribution in [0.15, 0.2) is 121 Å². The van der Waals surface area contributed by atoms with E-state index in [0.29, 0.717) is 0 Å². The van der Waals surface area contributed by atoms with Crippen molar-refractivity contribution in [2.24, 2.45) is 0 Å². The SMILES string of the molecule is CC(C)(C)c1cc(-c2nc3ccccc3c3c2c2cccc4c2c3c2cccc3c5c(-c6cc(C(C)(C)C)cc(C(C)(C)C)c6)nc6ccccc6c5c4c32)cc(C(C)(C)C)c1. The van der Waals surface area contributed by atoms with Crippen molar-refractivity contribution in [1.29, 1.82) is 0 Å². The smallest absolute Gasteiger partial charge is 0.0794 e. The molecule has 0 spiro atoms. The Bertz CT molecular complexity index is 3340. The zero-order chi connectivity index (χ0) is 43.4. The van der Waals surface area contributed by atoms with E-state index in [9.17, 15) is 0 Å². The summed E-state index contributed by atoms with van der Waals surface area (Å²) in [4.78, 5) is 11.3. The highest BCUT2D eigenvalue weighted by Crippen LogP contribution is 2.55. The highest BCUT2D eigenvalue weighted by molar-refractivity contribution is 6.51. The van der Waals surface area contributed by atoms with Gasteiger partial charge in [-0.1, -0.05) is 168 Å². The zero-order valence-corrected chi connectivity index (χ0v) is 38.4. The molecule has 0 radical (unpaired) electrons. The molecular formula is C60H56N2. The Balaban J connectivity index is 1.36. The van der Waals surface area contributed by atoms with Gasteiger partial charge in [-0.15, -0.1) is 0 Å². The van der Waals surface area contributed by atoms with Crippen LogP contribution in [0.5, 0.6) is 0 Å². The molecule has 2 nitrogen and oxygen atoms in total. The van der Waals surface area contributed by atoms with E-state index in [1.165, 1.54) is 109 Å². The molecule has 2 heteroatoms.